The van der Waals surface area contributed by atoms with E-state index in [4.69, 9.17) is 15.2 Å². The van der Waals surface area contributed by atoms with Crippen LogP contribution >= 0.6 is 0 Å². The van der Waals surface area contributed by atoms with Crippen LogP contribution in [0.5, 0.6) is 0 Å². The summed E-state index contributed by atoms with van der Waals surface area (Å²) in [4.78, 5) is 0. The smallest absolute Gasteiger partial charge is 0.0926 e. The van der Waals surface area contributed by atoms with Crippen molar-refractivity contribution >= 4 is 0 Å². The Morgan fingerprint density at radius 3 is 2.92 bits per heavy atom. The van der Waals surface area contributed by atoms with Crippen LogP contribution in [0.25, 0.3) is 0 Å². The molecule has 12 heavy (non-hydrogen) atoms. The number of ether oxygens (including phenoxy) is 2. The van der Waals surface area contributed by atoms with Crippen molar-refractivity contribution in [1.29, 1.82) is 0 Å². The highest BCUT2D eigenvalue weighted by Crippen LogP contribution is 2.27. The minimum atomic E-state index is -0.105. The maximum atomic E-state index is 5.88. The van der Waals surface area contributed by atoms with Crippen molar-refractivity contribution < 1.29 is 9.47 Å². The SMILES string of the molecule is CCC1(COC)CC(N)CCO1. The molecular weight excluding hydrogens is 154 g/mol. The first-order valence-corrected chi connectivity index (χ1v) is 4.61. The van der Waals surface area contributed by atoms with Crippen molar-refractivity contribution in [3.63, 3.8) is 0 Å². The van der Waals surface area contributed by atoms with Gasteiger partial charge in [-0.15, -0.1) is 0 Å². The summed E-state index contributed by atoms with van der Waals surface area (Å²) in [5, 5.41) is 0. The van der Waals surface area contributed by atoms with Gasteiger partial charge in [-0.3, -0.25) is 0 Å². The van der Waals surface area contributed by atoms with Gasteiger partial charge in [0.05, 0.1) is 12.2 Å². The third-order valence-electron chi connectivity index (χ3n) is 2.58. The standard InChI is InChI=1S/C9H19NO2/c1-3-9(7-11-2)6-8(10)4-5-12-9/h8H,3-7,10H2,1-2H3. The number of hydrogen-bond acceptors (Lipinski definition) is 3. The Labute approximate surface area is 74.2 Å². The minimum absolute atomic E-state index is 0.105. The van der Waals surface area contributed by atoms with E-state index >= 15 is 0 Å². The Hall–Kier alpha value is -0.120. The van der Waals surface area contributed by atoms with Crippen molar-refractivity contribution in [3.8, 4) is 0 Å². The molecular formula is C9H19NO2. The second-order valence-electron chi connectivity index (χ2n) is 3.57. The van der Waals surface area contributed by atoms with Crippen LogP contribution in [0, 0.1) is 0 Å². The molecule has 0 bridgehead atoms. The highest BCUT2D eigenvalue weighted by Gasteiger charge is 2.34. The Bertz CT molecular complexity index is 136. The molecule has 0 aromatic rings. The predicted molar refractivity (Wildman–Crippen MR) is 48.1 cm³/mol. The molecule has 3 nitrogen and oxygen atoms in total. The lowest BCUT2D eigenvalue weighted by Gasteiger charge is -2.38. The Morgan fingerprint density at radius 2 is 2.42 bits per heavy atom. The van der Waals surface area contributed by atoms with Gasteiger partial charge in [-0.1, -0.05) is 6.92 Å². The molecule has 2 unspecified atom stereocenters. The zero-order valence-corrected chi connectivity index (χ0v) is 8.01. The van der Waals surface area contributed by atoms with Crippen LogP contribution in [0.3, 0.4) is 0 Å². The van der Waals surface area contributed by atoms with E-state index in [1.165, 1.54) is 0 Å². The Balaban J connectivity index is 2.51. The van der Waals surface area contributed by atoms with E-state index < -0.39 is 0 Å². The summed E-state index contributed by atoms with van der Waals surface area (Å²) in [5.74, 6) is 0. The van der Waals surface area contributed by atoms with Gasteiger partial charge >= 0.3 is 0 Å². The van der Waals surface area contributed by atoms with Gasteiger partial charge in [0.1, 0.15) is 0 Å². The van der Waals surface area contributed by atoms with Crippen LogP contribution in [0.15, 0.2) is 0 Å². The number of hydrogen-bond donors (Lipinski definition) is 1. The maximum Gasteiger partial charge on any atom is 0.0926 e. The van der Waals surface area contributed by atoms with E-state index in [0.29, 0.717) is 6.61 Å². The monoisotopic (exact) mass is 173 g/mol. The molecule has 0 amide bonds. The van der Waals surface area contributed by atoms with E-state index in [2.05, 4.69) is 6.92 Å². The van der Waals surface area contributed by atoms with E-state index in [1.807, 2.05) is 0 Å². The summed E-state index contributed by atoms with van der Waals surface area (Å²) in [5.41, 5.74) is 5.78. The largest absolute Gasteiger partial charge is 0.382 e. The third-order valence-corrected chi connectivity index (χ3v) is 2.58. The van der Waals surface area contributed by atoms with E-state index in [9.17, 15) is 0 Å². The zero-order chi connectivity index (χ0) is 9.03. The fourth-order valence-corrected chi connectivity index (χ4v) is 1.78. The molecule has 1 aliphatic rings. The fourth-order valence-electron chi connectivity index (χ4n) is 1.78. The minimum Gasteiger partial charge on any atom is -0.382 e. The normalized spacial score (nSPS) is 36.8. The highest BCUT2D eigenvalue weighted by atomic mass is 16.5. The molecule has 1 rings (SSSR count). The van der Waals surface area contributed by atoms with Crippen LogP contribution in [-0.2, 0) is 9.47 Å². The summed E-state index contributed by atoms with van der Waals surface area (Å²) in [6.07, 6.45) is 2.89. The first-order chi connectivity index (χ1) is 5.72. The van der Waals surface area contributed by atoms with Crippen LogP contribution in [-0.4, -0.2) is 32.0 Å². The van der Waals surface area contributed by atoms with E-state index in [1.54, 1.807) is 7.11 Å². The van der Waals surface area contributed by atoms with Crippen LogP contribution < -0.4 is 5.73 Å². The summed E-state index contributed by atoms with van der Waals surface area (Å²) in [6.45, 7) is 3.56. The lowest BCUT2D eigenvalue weighted by molar-refractivity contribution is -0.122. The maximum absolute atomic E-state index is 5.88. The second-order valence-corrected chi connectivity index (χ2v) is 3.57. The predicted octanol–water partition coefficient (Wildman–Crippen LogP) is 0.919. The molecule has 2 atom stereocenters. The van der Waals surface area contributed by atoms with Crippen molar-refractivity contribution in [3.05, 3.63) is 0 Å². The molecule has 0 aliphatic carbocycles. The Morgan fingerprint density at radius 1 is 1.67 bits per heavy atom. The molecule has 2 N–H and O–H groups in total. The van der Waals surface area contributed by atoms with Gasteiger partial charge < -0.3 is 15.2 Å². The quantitative estimate of drug-likeness (QED) is 0.690. The summed E-state index contributed by atoms with van der Waals surface area (Å²) < 4.78 is 10.9. The molecule has 0 aromatic heterocycles. The van der Waals surface area contributed by atoms with Crippen LogP contribution in [0.4, 0.5) is 0 Å². The number of methoxy groups -OCH3 is 1. The molecule has 0 saturated carbocycles. The fraction of sp³-hybridized carbons (Fsp3) is 1.00. The molecule has 1 aliphatic heterocycles. The number of rotatable bonds is 3. The van der Waals surface area contributed by atoms with Gasteiger partial charge in [-0.25, -0.2) is 0 Å². The van der Waals surface area contributed by atoms with Crippen LogP contribution in [0.2, 0.25) is 0 Å². The molecule has 1 saturated heterocycles. The van der Waals surface area contributed by atoms with Crippen molar-refractivity contribution in [1.82, 2.24) is 0 Å². The highest BCUT2D eigenvalue weighted by molar-refractivity contribution is 4.87. The van der Waals surface area contributed by atoms with Gasteiger partial charge in [0.15, 0.2) is 0 Å². The number of nitrogens with two attached hydrogens (primary N) is 1. The first kappa shape index (κ1) is 9.96. The molecule has 72 valence electrons. The Kier molecular flexibility index (Phi) is 3.50. The molecule has 0 spiro atoms. The molecule has 1 heterocycles. The lowest BCUT2D eigenvalue weighted by Crippen LogP contribution is -2.47. The average Bonchev–Trinajstić information content (AvgIpc) is 2.05. The van der Waals surface area contributed by atoms with Crippen LogP contribution in [0.1, 0.15) is 26.2 Å². The summed E-state index contributed by atoms with van der Waals surface area (Å²) in [7, 11) is 1.71. The van der Waals surface area contributed by atoms with Crippen molar-refractivity contribution in [2.75, 3.05) is 20.3 Å². The van der Waals surface area contributed by atoms with E-state index in [-0.39, 0.29) is 11.6 Å². The van der Waals surface area contributed by atoms with E-state index in [0.717, 1.165) is 25.9 Å². The second kappa shape index (κ2) is 4.21. The molecule has 3 heteroatoms. The van der Waals surface area contributed by atoms with Crippen molar-refractivity contribution in [2.24, 2.45) is 5.73 Å². The van der Waals surface area contributed by atoms with Gasteiger partial charge in [0.25, 0.3) is 0 Å². The third kappa shape index (κ3) is 2.19. The molecule has 0 aromatic carbocycles. The lowest BCUT2D eigenvalue weighted by atomic mass is 9.89. The van der Waals surface area contributed by atoms with Gasteiger partial charge in [0.2, 0.25) is 0 Å². The molecule has 0 radical (unpaired) electrons. The zero-order valence-electron chi connectivity index (χ0n) is 8.01. The summed E-state index contributed by atoms with van der Waals surface area (Å²) >= 11 is 0. The van der Waals surface area contributed by atoms with Gasteiger partial charge in [0, 0.05) is 19.8 Å². The topological polar surface area (TPSA) is 44.5 Å². The first-order valence-electron chi connectivity index (χ1n) is 4.61. The summed E-state index contributed by atoms with van der Waals surface area (Å²) in [6, 6.07) is 0.286. The van der Waals surface area contributed by atoms with Gasteiger partial charge in [-0.05, 0) is 19.3 Å². The van der Waals surface area contributed by atoms with Gasteiger partial charge in [-0.2, -0.15) is 0 Å². The van der Waals surface area contributed by atoms with Crippen molar-refractivity contribution in [2.45, 2.75) is 37.8 Å². The average molecular weight is 173 g/mol. The molecule has 1 fully saturated rings.